The lowest BCUT2D eigenvalue weighted by molar-refractivity contribution is 0.415. The lowest BCUT2D eigenvalue weighted by Gasteiger charge is -2.07. The van der Waals surface area contributed by atoms with Crippen molar-refractivity contribution in [2.24, 2.45) is 0 Å². The van der Waals surface area contributed by atoms with Gasteiger partial charge in [-0.3, -0.25) is 0 Å². The van der Waals surface area contributed by atoms with Crippen molar-refractivity contribution in [1.82, 2.24) is 9.55 Å². The van der Waals surface area contributed by atoms with Crippen molar-refractivity contribution < 1.29 is 9.15 Å². The van der Waals surface area contributed by atoms with Crippen molar-refractivity contribution in [3.05, 3.63) is 59.0 Å². The average Bonchev–Trinajstić information content (AvgIpc) is 3.00. The highest BCUT2D eigenvalue weighted by Crippen LogP contribution is 2.31. The summed E-state index contributed by atoms with van der Waals surface area (Å²) in [5, 5.41) is 1.62. The second-order valence-corrected chi connectivity index (χ2v) is 6.95. The van der Waals surface area contributed by atoms with Crippen LogP contribution in [0.25, 0.3) is 22.0 Å². The Kier molecular flexibility index (Phi) is 4.42. The molecule has 0 bridgehead atoms. The number of rotatable bonds is 5. The Bertz CT molecular complexity index is 1150. The lowest BCUT2D eigenvalue weighted by atomic mass is 10.2. The van der Waals surface area contributed by atoms with Crippen LogP contribution in [0.4, 0.5) is 0 Å². The van der Waals surface area contributed by atoms with Gasteiger partial charge >= 0.3 is 5.63 Å². The first-order valence-corrected chi connectivity index (χ1v) is 9.26. The third kappa shape index (κ3) is 2.97. The van der Waals surface area contributed by atoms with Gasteiger partial charge in [0.1, 0.15) is 16.2 Å². The van der Waals surface area contributed by atoms with Crippen LogP contribution in [0.2, 0.25) is 0 Å². The second-order valence-electron chi connectivity index (χ2n) is 5.94. The summed E-state index contributed by atoms with van der Waals surface area (Å²) >= 11 is 1.34. The SMILES string of the molecule is CCCn1c(Sc2cc3cc(OC)ccc3oc2=O)nc2ccccc21. The standard InChI is InChI=1S/C20H18N2O3S/c1-3-10-22-16-7-5-4-6-15(16)21-20(22)26-18-12-13-11-14(24-2)8-9-17(13)25-19(18)23/h4-9,11-12H,3,10H2,1-2H3. The van der Waals surface area contributed by atoms with Gasteiger partial charge in [-0.2, -0.15) is 0 Å². The molecule has 132 valence electrons. The van der Waals surface area contributed by atoms with Crippen LogP contribution in [0.5, 0.6) is 5.75 Å². The molecule has 0 radical (unpaired) electrons. The number of hydrogen-bond donors (Lipinski definition) is 0. The first-order valence-electron chi connectivity index (χ1n) is 8.44. The predicted molar refractivity (Wildman–Crippen MR) is 103 cm³/mol. The zero-order chi connectivity index (χ0) is 18.1. The molecule has 26 heavy (non-hydrogen) atoms. The molecule has 0 atom stereocenters. The second kappa shape index (κ2) is 6.88. The van der Waals surface area contributed by atoms with E-state index in [9.17, 15) is 4.79 Å². The fourth-order valence-corrected chi connectivity index (χ4v) is 3.90. The molecule has 4 rings (SSSR count). The number of nitrogens with zero attached hydrogens (tertiary/aromatic N) is 2. The quantitative estimate of drug-likeness (QED) is 0.479. The summed E-state index contributed by atoms with van der Waals surface area (Å²) in [6.07, 6.45) is 0.984. The molecule has 0 saturated carbocycles. The van der Waals surface area contributed by atoms with E-state index in [1.807, 2.05) is 30.3 Å². The molecule has 6 heteroatoms. The van der Waals surface area contributed by atoms with Gasteiger partial charge in [-0.1, -0.05) is 19.1 Å². The maximum Gasteiger partial charge on any atom is 0.350 e. The molecule has 2 aromatic carbocycles. The minimum absolute atomic E-state index is 0.359. The molecule has 0 spiro atoms. The fraction of sp³-hybridized carbons (Fsp3) is 0.200. The molecule has 4 aromatic rings. The van der Waals surface area contributed by atoms with E-state index >= 15 is 0 Å². The molecule has 0 saturated heterocycles. The van der Waals surface area contributed by atoms with E-state index in [1.54, 1.807) is 19.2 Å². The van der Waals surface area contributed by atoms with Gasteiger partial charge in [0.25, 0.3) is 0 Å². The largest absolute Gasteiger partial charge is 0.497 e. The number of ether oxygens (including phenoxy) is 1. The van der Waals surface area contributed by atoms with E-state index in [-0.39, 0.29) is 5.63 Å². The van der Waals surface area contributed by atoms with Crippen molar-refractivity contribution in [3.8, 4) is 5.75 Å². The molecule has 0 aliphatic carbocycles. The maximum atomic E-state index is 12.4. The number of imidazole rings is 1. The van der Waals surface area contributed by atoms with E-state index in [2.05, 4.69) is 17.6 Å². The highest BCUT2D eigenvalue weighted by Gasteiger charge is 2.15. The van der Waals surface area contributed by atoms with Crippen LogP contribution < -0.4 is 10.4 Å². The number of methoxy groups -OCH3 is 1. The molecule has 2 heterocycles. The monoisotopic (exact) mass is 366 g/mol. The van der Waals surface area contributed by atoms with Crippen molar-refractivity contribution in [3.63, 3.8) is 0 Å². The number of para-hydroxylation sites is 2. The Morgan fingerprint density at radius 3 is 2.85 bits per heavy atom. The van der Waals surface area contributed by atoms with E-state index in [0.29, 0.717) is 10.5 Å². The molecule has 0 aliphatic rings. The van der Waals surface area contributed by atoms with Gasteiger partial charge in [0, 0.05) is 11.9 Å². The Morgan fingerprint density at radius 2 is 2.04 bits per heavy atom. The third-order valence-corrected chi connectivity index (χ3v) is 5.17. The van der Waals surface area contributed by atoms with Gasteiger partial charge in [0.2, 0.25) is 0 Å². The summed E-state index contributed by atoms with van der Waals surface area (Å²) in [5.74, 6) is 0.723. The number of aromatic nitrogens is 2. The van der Waals surface area contributed by atoms with Crippen molar-refractivity contribution in [2.75, 3.05) is 7.11 Å². The Morgan fingerprint density at radius 1 is 1.19 bits per heavy atom. The number of fused-ring (bicyclic) bond motifs is 2. The third-order valence-electron chi connectivity index (χ3n) is 4.18. The lowest BCUT2D eigenvalue weighted by Crippen LogP contribution is -2.04. The first kappa shape index (κ1) is 16.7. The van der Waals surface area contributed by atoms with Crippen molar-refractivity contribution in [2.45, 2.75) is 29.9 Å². The zero-order valence-electron chi connectivity index (χ0n) is 14.6. The Labute approximate surface area is 154 Å². The number of aryl methyl sites for hydroxylation is 1. The molecule has 0 N–H and O–H groups in total. The average molecular weight is 366 g/mol. The Balaban J connectivity index is 1.81. The molecule has 0 fully saturated rings. The van der Waals surface area contributed by atoms with Crippen LogP contribution in [0, 0.1) is 0 Å². The highest BCUT2D eigenvalue weighted by atomic mass is 32.2. The molecule has 5 nitrogen and oxygen atoms in total. The number of hydrogen-bond acceptors (Lipinski definition) is 5. The predicted octanol–water partition coefficient (Wildman–Crippen LogP) is 4.71. The highest BCUT2D eigenvalue weighted by molar-refractivity contribution is 7.99. The minimum atomic E-state index is -0.359. The summed E-state index contributed by atoms with van der Waals surface area (Å²) in [4.78, 5) is 17.6. The molecule has 0 amide bonds. The van der Waals surface area contributed by atoms with Crippen molar-refractivity contribution >= 4 is 33.8 Å². The van der Waals surface area contributed by atoms with Crippen LogP contribution in [-0.4, -0.2) is 16.7 Å². The zero-order valence-corrected chi connectivity index (χ0v) is 15.4. The summed E-state index contributed by atoms with van der Waals surface area (Å²) < 4.78 is 12.9. The molecule has 0 unspecified atom stereocenters. The molecular weight excluding hydrogens is 348 g/mol. The summed E-state index contributed by atoms with van der Waals surface area (Å²) in [6, 6.07) is 15.2. The van der Waals surface area contributed by atoms with Crippen LogP contribution in [-0.2, 0) is 6.54 Å². The van der Waals surface area contributed by atoms with Gasteiger partial charge in [0.15, 0.2) is 5.16 Å². The Hall–Kier alpha value is -2.73. The van der Waals surface area contributed by atoms with E-state index in [4.69, 9.17) is 14.1 Å². The van der Waals surface area contributed by atoms with Gasteiger partial charge < -0.3 is 13.7 Å². The summed E-state index contributed by atoms with van der Waals surface area (Å²) in [6.45, 7) is 2.97. The van der Waals surface area contributed by atoms with Crippen LogP contribution in [0.3, 0.4) is 0 Å². The van der Waals surface area contributed by atoms with E-state index in [1.165, 1.54) is 11.8 Å². The summed E-state index contributed by atoms with van der Waals surface area (Å²) in [7, 11) is 1.61. The first-order chi connectivity index (χ1) is 12.7. The molecule has 2 aromatic heterocycles. The fourth-order valence-electron chi connectivity index (χ4n) is 2.95. The van der Waals surface area contributed by atoms with Crippen LogP contribution >= 0.6 is 11.8 Å². The van der Waals surface area contributed by atoms with Gasteiger partial charge in [-0.05, 0) is 54.6 Å². The van der Waals surface area contributed by atoms with E-state index < -0.39 is 0 Å². The normalized spacial score (nSPS) is 11.3. The van der Waals surface area contributed by atoms with Gasteiger partial charge in [-0.25, -0.2) is 9.78 Å². The van der Waals surface area contributed by atoms with E-state index in [0.717, 1.165) is 40.3 Å². The van der Waals surface area contributed by atoms with Gasteiger partial charge in [0.05, 0.1) is 18.1 Å². The maximum absolute atomic E-state index is 12.4. The minimum Gasteiger partial charge on any atom is -0.497 e. The van der Waals surface area contributed by atoms with Crippen molar-refractivity contribution in [1.29, 1.82) is 0 Å². The molecule has 0 aliphatic heterocycles. The van der Waals surface area contributed by atoms with Gasteiger partial charge in [-0.15, -0.1) is 0 Å². The smallest absolute Gasteiger partial charge is 0.350 e. The van der Waals surface area contributed by atoms with Crippen LogP contribution in [0.1, 0.15) is 13.3 Å². The molecular formula is C20H18N2O3S. The number of benzene rings is 2. The van der Waals surface area contributed by atoms with Crippen LogP contribution in [0.15, 0.2) is 67.8 Å². The summed E-state index contributed by atoms with van der Waals surface area (Å²) in [5.41, 5.74) is 2.18. The topological polar surface area (TPSA) is 57.3 Å².